The molecule has 0 bridgehead atoms. The molecular formula is C17H12N2O. The number of pyridine rings is 1. The Hall–Kier alpha value is -2.68. The van der Waals surface area contributed by atoms with Crippen LogP contribution in [-0.2, 0) is 0 Å². The number of nitrogens with zero attached hydrogens (tertiary/aromatic N) is 2. The molecule has 0 spiro atoms. The predicted molar refractivity (Wildman–Crippen MR) is 81.2 cm³/mol. The third-order valence-corrected chi connectivity index (χ3v) is 3.72. The molecule has 2 aromatic carbocycles. The minimum absolute atomic E-state index is 0.0144. The molecule has 20 heavy (non-hydrogen) atoms. The van der Waals surface area contributed by atoms with Gasteiger partial charge in [0, 0.05) is 11.6 Å². The first-order valence-corrected chi connectivity index (χ1v) is 6.55. The Bertz CT molecular complexity index is 1030. The van der Waals surface area contributed by atoms with E-state index >= 15 is 0 Å². The maximum absolute atomic E-state index is 12.6. The highest BCUT2D eigenvalue weighted by Crippen LogP contribution is 2.22. The van der Waals surface area contributed by atoms with E-state index in [9.17, 15) is 4.79 Å². The summed E-state index contributed by atoms with van der Waals surface area (Å²) in [6.07, 6.45) is 1.87. The Morgan fingerprint density at radius 3 is 2.35 bits per heavy atom. The molecule has 4 rings (SSSR count). The first-order valence-electron chi connectivity index (χ1n) is 6.55. The molecule has 3 heteroatoms. The van der Waals surface area contributed by atoms with Crippen LogP contribution in [0.3, 0.4) is 0 Å². The van der Waals surface area contributed by atoms with Gasteiger partial charge in [0.25, 0.3) is 5.56 Å². The SMILES string of the molecule is Cc1cn2c(=O)c3ccccc3nc2c2ccccc12. The first-order chi connectivity index (χ1) is 9.75. The highest BCUT2D eigenvalue weighted by molar-refractivity contribution is 5.97. The lowest BCUT2D eigenvalue weighted by Crippen LogP contribution is -2.15. The van der Waals surface area contributed by atoms with Crippen molar-refractivity contribution in [3.63, 3.8) is 0 Å². The standard InChI is InChI=1S/C17H12N2O/c1-11-10-19-16(13-7-3-2-6-12(11)13)18-15-9-5-4-8-14(15)17(19)20/h2-10H,1H3. The van der Waals surface area contributed by atoms with E-state index in [4.69, 9.17) is 0 Å². The van der Waals surface area contributed by atoms with Crippen molar-refractivity contribution < 1.29 is 0 Å². The normalized spacial score (nSPS) is 11.4. The monoisotopic (exact) mass is 260 g/mol. The smallest absolute Gasteiger partial charge is 0.265 e. The number of hydrogen-bond donors (Lipinski definition) is 0. The number of aromatic nitrogens is 2. The molecule has 2 aromatic heterocycles. The van der Waals surface area contributed by atoms with Crippen LogP contribution in [0.15, 0.2) is 59.5 Å². The maximum atomic E-state index is 12.6. The average Bonchev–Trinajstić information content (AvgIpc) is 2.49. The lowest BCUT2D eigenvalue weighted by molar-refractivity contribution is 1.08. The highest BCUT2D eigenvalue weighted by Gasteiger charge is 2.09. The van der Waals surface area contributed by atoms with Gasteiger partial charge in [-0.15, -0.1) is 0 Å². The largest absolute Gasteiger partial charge is 0.268 e. The molecule has 0 saturated heterocycles. The molecule has 0 unspecified atom stereocenters. The van der Waals surface area contributed by atoms with Crippen LogP contribution in [-0.4, -0.2) is 9.38 Å². The minimum atomic E-state index is -0.0144. The van der Waals surface area contributed by atoms with Gasteiger partial charge in [-0.3, -0.25) is 9.20 Å². The summed E-state index contributed by atoms with van der Waals surface area (Å²) in [5.74, 6) is 0. The van der Waals surface area contributed by atoms with Gasteiger partial charge in [-0.1, -0.05) is 36.4 Å². The Balaban J connectivity index is 2.38. The van der Waals surface area contributed by atoms with Crippen molar-refractivity contribution >= 4 is 27.3 Å². The van der Waals surface area contributed by atoms with E-state index in [1.165, 1.54) is 0 Å². The molecule has 0 amide bonds. The number of aryl methyl sites for hydroxylation is 1. The van der Waals surface area contributed by atoms with E-state index in [2.05, 4.69) is 11.1 Å². The second-order valence-corrected chi connectivity index (χ2v) is 4.99. The molecule has 0 saturated carbocycles. The summed E-state index contributed by atoms with van der Waals surface area (Å²) in [5.41, 5.74) is 2.52. The van der Waals surface area contributed by atoms with Crippen LogP contribution >= 0.6 is 0 Å². The van der Waals surface area contributed by atoms with Gasteiger partial charge < -0.3 is 0 Å². The van der Waals surface area contributed by atoms with Gasteiger partial charge in [-0.05, 0) is 30.0 Å². The fraction of sp³-hybridized carbons (Fsp3) is 0.0588. The van der Waals surface area contributed by atoms with E-state index in [0.717, 1.165) is 27.5 Å². The van der Waals surface area contributed by atoms with Gasteiger partial charge >= 0.3 is 0 Å². The van der Waals surface area contributed by atoms with Gasteiger partial charge in [0.2, 0.25) is 0 Å². The van der Waals surface area contributed by atoms with Crippen molar-refractivity contribution in [1.29, 1.82) is 0 Å². The van der Waals surface area contributed by atoms with Crippen LogP contribution in [0, 0.1) is 6.92 Å². The van der Waals surface area contributed by atoms with Gasteiger partial charge in [0.1, 0.15) is 5.65 Å². The van der Waals surface area contributed by atoms with E-state index in [-0.39, 0.29) is 5.56 Å². The fourth-order valence-corrected chi connectivity index (χ4v) is 2.74. The van der Waals surface area contributed by atoms with Crippen molar-refractivity contribution in [2.45, 2.75) is 6.92 Å². The summed E-state index contributed by atoms with van der Waals surface area (Å²) < 4.78 is 1.65. The van der Waals surface area contributed by atoms with Crippen LogP contribution < -0.4 is 5.56 Å². The summed E-state index contributed by atoms with van der Waals surface area (Å²) in [6, 6.07) is 15.5. The number of hydrogen-bond acceptors (Lipinski definition) is 2. The summed E-state index contributed by atoms with van der Waals surface area (Å²) in [5, 5.41) is 2.80. The van der Waals surface area contributed by atoms with E-state index in [1.54, 1.807) is 4.40 Å². The zero-order chi connectivity index (χ0) is 13.7. The van der Waals surface area contributed by atoms with Crippen LogP contribution in [0.4, 0.5) is 0 Å². The number of benzene rings is 2. The third-order valence-electron chi connectivity index (χ3n) is 3.72. The molecule has 0 fully saturated rings. The second kappa shape index (κ2) is 3.90. The fourth-order valence-electron chi connectivity index (χ4n) is 2.74. The molecule has 96 valence electrons. The van der Waals surface area contributed by atoms with Gasteiger partial charge in [-0.2, -0.15) is 0 Å². The first kappa shape index (κ1) is 11.2. The second-order valence-electron chi connectivity index (χ2n) is 4.99. The topological polar surface area (TPSA) is 34.4 Å². The summed E-state index contributed by atoms with van der Waals surface area (Å²) >= 11 is 0. The molecule has 0 atom stereocenters. The number of rotatable bonds is 0. The van der Waals surface area contributed by atoms with E-state index in [1.807, 2.05) is 55.6 Å². The van der Waals surface area contributed by atoms with Crippen molar-refractivity contribution in [2.24, 2.45) is 0 Å². The molecule has 0 aliphatic carbocycles. The predicted octanol–water partition coefficient (Wildman–Crippen LogP) is 3.31. The molecule has 3 nitrogen and oxygen atoms in total. The Labute approximate surface area is 115 Å². The number of para-hydroxylation sites is 1. The van der Waals surface area contributed by atoms with E-state index < -0.39 is 0 Å². The van der Waals surface area contributed by atoms with Crippen molar-refractivity contribution in [3.05, 3.63) is 70.6 Å². The molecule has 4 aromatic rings. The maximum Gasteiger partial charge on any atom is 0.265 e. The van der Waals surface area contributed by atoms with Gasteiger partial charge in [0.05, 0.1) is 10.9 Å². The van der Waals surface area contributed by atoms with Crippen LogP contribution in [0.5, 0.6) is 0 Å². The quantitative estimate of drug-likeness (QED) is 0.359. The highest BCUT2D eigenvalue weighted by atomic mass is 16.1. The molecule has 0 aliphatic rings. The lowest BCUT2D eigenvalue weighted by Gasteiger charge is -2.09. The lowest BCUT2D eigenvalue weighted by atomic mass is 10.1. The molecule has 0 aliphatic heterocycles. The van der Waals surface area contributed by atoms with Crippen LogP contribution in [0.2, 0.25) is 0 Å². The molecular weight excluding hydrogens is 248 g/mol. The average molecular weight is 260 g/mol. The molecule has 0 N–H and O–H groups in total. The van der Waals surface area contributed by atoms with Gasteiger partial charge in [-0.25, -0.2) is 4.98 Å². The molecule has 2 heterocycles. The summed E-state index contributed by atoms with van der Waals surface area (Å²) in [4.78, 5) is 17.3. The Kier molecular flexibility index (Phi) is 2.18. The zero-order valence-electron chi connectivity index (χ0n) is 11.0. The van der Waals surface area contributed by atoms with Crippen molar-refractivity contribution in [2.75, 3.05) is 0 Å². The van der Waals surface area contributed by atoms with Crippen LogP contribution in [0.1, 0.15) is 5.56 Å². The third kappa shape index (κ3) is 1.40. The van der Waals surface area contributed by atoms with Crippen LogP contribution in [0.25, 0.3) is 27.3 Å². The Morgan fingerprint density at radius 1 is 0.900 bits per heavy atom. The van der Waals surface area contributed by atoms with Crippen molar-refractivity contribution in [3.8, 4) is 0 Å². The zero-order valence-corrected chi connectivity index (χ0v) is 11.0. The number of fused-ring (bicyclic) bond motifs is 4. The van der Waals surface area contributed by atoms with Crippen molar-refractivity contribution in [1.82, 2.24) is 9.38 Å². The Morgan fingerprint density at radius 2 is 1.55 bits per heavy atom. The minimum Gasteiger partial charge on any atom is -0.268 e. The summed E-state index contributed by atoms with van der Waals surface area (Å²) in [7, 11) is 0. The van der Waals surface area contributed by atoms with E-state index in [0.29, 0.717) is 5.39 Å². The summed E-state index contributed by atoms with van der Waals surface area (Å²) in [6.45, 7) is 2.02. The van der Waals surface area contributed by atoms with Gasteiger partial charge in [0.15, 0.2) is 0 Å². The molecule has 0 radical (unpaired) electrons.